The highest BCUT2D eigenvalue weighted by molar-refractivity contribution is 6.35. The van der Waals surface area contributed by atoms with Crippen LogP contribution >= 0.6 is 11.6 Å². The lowest BCUT2D eigenvalue weighted by Gasteiger charge is -2.23. The second-order valence-electron chi connectivity index (χ2n) is 5.43. The fourth-order valence-electron chi connectivity index (χ4n) is 2.83. The minimum Gasteiger partial charge on any atom is -0.335 e. The van der Waals surface area contributed by atoms with Crippen molar-refractivity contribution in [3.8, 4) is 0 Å². The molecule has 2 aromatic rings. The van der Waals surface area contributed by atoms with Crippen molar-refractivity contribution < 1.29 is 4.79 Å². The van der Waals surface area contributed by atoms with E-state index in [4.69, 9.17) is 11.6 Å². The zero-order chi connectivity index (χ0) is 14.7. The minimum atomic E-state index is -0.170. The maximum Gasteiger partial charge on any atom is 0.319 e. The molecular formula is C16H18ClN3O. The number of anilines is 1. The van der Waals surface area contributed by atoms with Gasteiger partial charge in [-0.05, 0) is 37.1 Å². The van der Waals surface area contributed by atoms with Crippen LogP contribution in [-0.4, -0.2) is 17.1 Å². The van der Waals surface area contributed by atoms with Crippen LogP contribution in [0, 0.1) is 0 Å². The number of pyridine rings is 1. The third kappa shape index (κ3) is 3.27. The maximum absolute atomic E-state index is 12.1. The molecular weight excluding hydrogens is 286 g/mol. The van der Waals surface area contributed by atoms with Gasteiger partial charge in [-0.25, -0.2) is 4.79 Å². The quantitative estimate of drug-likeness (QED) is 0.867. The normalized spacial score (nSPS) is 15.9. The molecule has 1 saturated carbocycles. The van der Waals surface area contributed by atoms with Gasteiger partial charge in [-0.3, -0.25) is 4.98 Å². The third-order valence-corrected chi connectivity index (χ3v) is 4.23. The van der Waals surface area contributed by atoms with Crippen molar-refractivity contribution in [1.82, 2.24) is 10.3 Å². The molecule has 0 atom stereocenters. The van der Waals surface area contributed by atoms with Gasteiger partial charge < -0.3 is 10.6 Å². The summed E-state index contributed by atoms with van der Waals surface area (Å²) in [5.74, 6) is 0. The lowest BCUT2D eigenvalue weighted by atomic mass is 9.96. The second kappa shape index (κ2) is 6.31. The zero-order valence-electron chi connectivity index (χ0n) is 11.7. The van der Waals surface area contributed by atoms with Gasteiger partial charge in [-0.1, -0.05) is 30.9 Å². The van der Waals surface area contributed by atoms with Crippen LogP contribution in [0.4, 0.5) is 10.5 Å². The fourth-order valence-corrected chi connectivity index (χ4v) is 3.04. The molecule has 0 saturated heterocycles. The summed E-state index contributed by atoms with van der Waals surface area (Å²) in [5.41, 5.74) is 1.40. The summed E-state index contributed by atoms with van der Waals surface area (Å²) in [6.45, 7) is 0. The first-order valence-electron chi connectivity index (χ1n) is 7.35. The Bertz CT molecular complexity index is 653. The van der Waals surface area contributed by atoms with Gasteiger partial charge in [0, 0.05) is 17.6 Å². The van der Waals surface area contributed by atoms with Crippen LogP contribution in [0.5, 0.6) is 0 Å². The zero-order valence-corrected chi connectivity index (χ0v) is 12.5. The highest BCUT2D eigenvalue weighted by atomic mass is 35.5. The highest BCUT2D eigenvalue weighted by Gasteiger charge is 2.16. The molecule has 3 rings (SSSR count). The Labute approximate surface area is 128 Å². The number of hydrogen-bond donors (Lipinski definition) is 2. The van der Waals surface area contributed by atoms with Crippen molar-refractivity contribution in [2.75, 3.05) is 5.32 Å². The lowest BCUT2D eigenvalue weighted by Crippen LogP contribution is -2.39. The number of nitrogens with zero attached hydrogens (tertiary/aromatic N) is 1. The van der Waals surface area contributed by atoms with Crippen LogP contribution in [0.25, 0.3) is 10.9 Å². The maximum atomic E-state index is 12.1. The summed E-state index contributed by atoms with van der Waals surface area (Å²) >= 11 is 6.15. The van der Waals surface area contributed by atoms with E-state index in [1.165, 1.54) is 19.3 Å². The van der Waals surface area contributed by atoms with Gasteiger partial charge in [0.05, 0.1) is 16.2 Å². The Morgan fingerprint density at radius 1 is 1.19 bits per heavy atom. The molecule has 4 nitrogen and oxygen atoms in total. The Kier molecular flexibility index (Phi) is 4.25. The van der Waals surface area contributed by atoms with Gasteiger partial charge in [0.1, 0.15) is 0 Å². The molecule has 1 aromatic heterocycles. The SMILES string of the molecule is O=C(Nc1ccc(Cl)c2cccnc12)NC1CCCCC1. The average molecular weight is 304 g/mol. The predicted molar refractivity (Wildman–Crippen MR) is 85.8 cm³/mol. The number of carbonyl (C=O) groups excluding carboxylic acids is 1. The van der Waals surface area contributed by atoms with Gasteiger partial charge in [0.25, 0.3) is 0 Å². The Morgan fingerprint density at radius 2 is 2.00 bits per heavy atom. The number of urea groups is 1. The standard InChI is InChI=1S/C16H18ClN3O/c17-13-8-9-14(15-12(13)7-4-10-18-15)20-16(21)19-11-5-2-1-3-6-11/h4,7-11H,1-3,5-6H2,(H2,19,20,21). The number of hydrogen-bond acceptors (Lipinski definition) is 2. The van der Waals surface area contributed by atoms with E-state index in [0.717, 1.165) is 18.2 Å². The average Bonchev–Trinajstić information content (AvgIpc) is 2.51. The number of aromatic nitrogens is 1. The number of fused-ring (bicyclic) bond motifs is 1. The fraction of sp³-hybridized carbons (Fsp3) is 0.375. The molecule has 110 valence electrons. The van der Waals surface area contributed by atoms with Crippen LogP contribution < -0.4 is 10.6 Å². The van der Waals surface area contributed by atoms with Crippen LogP contribution in [-0.2, 0) is 0 Å². The van der Waals surface area contributed by atoms with E-state index < -0.39 is 0 Å². The molecule has 0 spiro atoms. The number of benzene rings is 1. The summed E-state index contributed by atoms with van der Waals surface area (Å²) in [7, 11) is 0. The van der Waals surface area contributed by atoms with Crippen molar-refractivity contribution in [2.45, 2.75) is 38.1 Å². The van der Waals surface area contributed by atoms with E-state index in [9.17, 15) is 4.79 Å². The van der Waals surface area contributed by atoms with Gasteiger partial charge in [0.15, 0.2) is 0 Å². The molecule has 1 heterocycles. The highest BCUT2D eigenvalue weighted by Crippen LogP contribution is 2.28. The summed E-state index contributed by atoms with van der Waals surface area (Å²) < 4.78 is 0. The van der Waals surface area contributed by atoms with Gasteiger partial charge >= 0.3 is 6.03 Å². The van der Waals surface area contributed by atoms with Crippen LogP contribution in [0.15, 0.2) is 30.5 Å². The molecule has 2 amide bonds. The number of carbonyl (C=O) groups is 1. The van der Waals surface area contributed by atoms with Gasteiger partial charge in [-0.2, -0.15) is 0 Å². The Balaban J connectivity index is 1.75. The molecule has 0 aliphatic heterocycles. The van der Waals surface area contributed by atoms with Gasteiger partial charge in [-0.15, -0.1) is 0 Å². The molecule has 1 aromatic carbocycles. The van der Waals surface area contributed by atoms with Crippen LogP contribution in [0.1, 0.15) is 32.1 Å². The van der Waals surface area contributed by atoms with Crippen molar-refractivity contribution in [2.24, 2.45) is 0 Å². The third-order valence-electron chi connectivity index (χ3n) is 3.91. The lowest BCUT2D eigenvalue weighted by molar-refractivity contribution is 0.244. The Morgan fingerprint density at radius 3 is 2.81 bits per heavy atom. The van der Waals surface area contributed by atoms with Crippen molar-refractivity contribution >= 4 is 34.2 Å². The molecule has 21 heavy (non-hydrogen) atoms. The first-order chi connectivity index (χ1) is 10.2. The first-order valence-corrected chi connectivity index (χ1v) is 7.72. The summed E-state index contributed by atoms with van der Waals surface area (Å²) in [4.78, 5) is 16.4. The van der Waals surface area contributed by atoms with E-state index in [0.29, 0.717) is 16.2 Å². The largest absolute Gasteiger partial charge is 0.335 e. The summed E-state index contributed by atoms with van der Waals surface area (Å²) in [6.07, 6.45) is 7.47. The number of halogens is 1. The van der Waals surface area contributed by atoms with E-state index in [2.05, 4.69) is 15.6 Å². The number of nitrogens with one attached hydrogen (secondary N) is 2. The van der Waals surface area contributed by atoms with E-state index in [-0.39, 0.29) is 12.1 Å². The van der Waals surface area contributed by atoms with Crippen molar-refractivity contribution in [1.29, 1.82) is 0 Å². The van der Waals surface area contributed by atoms with Gasteiger partial charge in [0.2, 0.25) is 0 Å². The topological polar surface area (TPSA) is 54.0 Å². The molecule has 0 bridgehead atoms. The van der Waals surface area contributed by atoms with E-state index in [1.54, 1.807) is 18.3 Å². The molecule has 1 fully saturated rings. The Hall–Kier alpha value is -1.81. The number of rotatable bonds is 2. The molecule has 0 radical (unpaired) electrons. The summed E-state index contributed by atoms with van der Waals surface area (Å²) in [5, 5.41) is 7.40. The molecule has 1 aliphatic carbocycles. The van der Waals surface area contributed by atoms with E-state index >= 15 is 0 Å². The van der Waals surface area contributed by atoms with E-state index in [1.807, 2.05) is 12.1 Å². The van der Waals surface area contributed by atoms with Crippen LogP contribution in [0.2, 0.25) is 5.02 Å². The molecule has 0 unspecified atom stereocenters. The molecule has 5 heteroatoms. The first kappa shape index (κ1) is 14.1. The second-order valence-corrected chi connectivity index (χ2v) is 5.84. The van der Waals surface area contributed by atoms with Crippen molar-refractivity contribution in [3.63, 3.8) is 0 Å². The molecule has 2 N–H and O–H groups in total. The monoisotopic (exact) mass is 303 g/mol. The molecule has 1 aliphatic rings. The predicted octanol–water partition coefficient (Wildman–Crippen LogP) is 4.34. The summed E-state index contributed by atoms with van der Waals surface area (Å²) in [6, 6.07) is 7.41. The number of amides is 2. The van der Waals surface area contributed by atoms with Crippen LogP contribution in [0.3, 0.4) is 0 Å². The van der Waals surface area contributed by atoms with Crippen molar-refractivity contribution in [3.05, 3.63) is 35.5 Å². The minimum absolute atomic E-state index is 0.170. The smallest absolute Gasteiger partial charge is 0.319 e.